The molecule has 0 aromatic carbocycles. The molecule has 0 aromatic heterocycles. The van der Waals surface area contributed by atoms with Gasteiger partial charge in [-0.15, -0.1) is 0 Å². The van der Waals surface area contributed by atoms with Gasteiger partial charge >= 0.3 is 0 Å². The minimum atomic E-state index is -0.396. The average molecular weight is 160 g/mol. The van der Waals surface area contributed by atoms with Gasteiger partial charge < -0.3 is 9.84 Å². The highest BCUT2D eigenvalue weighted by Crippen LogP contribution is 2.17. The zero-order valence-electron chi connectivity index (χ0n) is 8.27. The molecule has 0 rings (SSSR count). The van der Waals surface area contributed by atoms with Crippen molar-refractivity contribution in [1.29, 1.82) is 0 Å². The van der Waals surface area contributed by atoms with Crippen molar-refractivity contribution in [2.45, 2.75) is 40.2 Å². The number of aliphatic hydroxyl groups is 1. The lowest BCUT2D eigenvalue weighted by molar-refractivity contribution is -0.0786. The van der Waals surface area contributed by atoms with Crippen molar-refractivity contribution in [3.63, 3.8) is 0 Å². The van der Waals surface area contributed by atoms with E-state index in [4.69, 9.17) is 9.84 Å². The fourth-order valence-electron chi connectivity index (χ4n) is 0.458. The lowest BCUT2D eigenvalue weighted by Crippen LogP contribution is -2.32. The number of hydrogen-bond acceptors (Lipinski definition) is 2. The summed E-state index contributed by atoms with van der Waals surface area (Å²) < 4.78 is 5.49. The van der Waals surface area contributed by atoms with E-state index < -0.39 is 5.60 Å². The summed E-state index contributed by atoms with van der Waals surface area (Å²) in [5, 5.41) is 8.87. The van der Waals surface area contributed by atoms with Gasteiger partial charge in [-0.25, -0.2) is 0 Å². The minimum absolute atomic E-state index is 0.0725. The molecule has 1 N–H and O–H groups in total. The predicted octanol–water partition coefficient (Wildman–Crippen LogP) is 1.82. The molecular formula is C9H20O2. The van der Waals surface area contributed by atoms with Crippen LogP contribution in [0.15, 0.2) is 0 Å². The molecule has 0 amide bonds. The molecule has 0 fully saturated rings. The van der Waals surface area contributed by atoms with Gasteiger partial charge in [0, 0.05) is 0 Å². The Bertz CT molecular complexity index is 111. The molecule has 0 aliphatic carbocycles. The molecule has 0 aliphatic heterocycles. The van der Waals surface area contributed by atoms with Crippen LogP contribution < -0.4 is 0 Å². The van der Waals surface area contributed by atoms with Gasteiger partial charge in [-0.1, -0.05) is 20.8 Å². The van der Waals surface area contributed by atoms with Crippen LogP contribution in [0.5, 0.6) is 0 Å². The first-order chi connectivity index (χ1) is 4.77. The van der Waals surface area contributed by atoms with Crippen LogP contribution in [-0.2, 0) is 4.74 Å². The van der Waals surface area contributed by atoms with E-state index in [0.29, 0.717) is 6.61 Å². The molecule has 0 spiro atoms. The van der Waals surface area contributed by atoms with Gasteiger partial charge in [0.25, 0.3) is 0 Å². The predicted molar refractivity (Wildman–Crippen MR) is 46.6 cm³/mol. The third kappa shape index (κ3) is 6.32. The summed E-state index contributed by atoms with van der Waals surface area (Å²) in [4.78, 5) is 0. The van der Waals surface area contributed by atoms with Crippen LogP contribution in [-0.4, -0.2) is 23.9 Å². The molecule has 11 heavy (non-hydrogen) atoms. The molecule has 0 atom stereocenters. The van der Waals surface area contributed by atoms with Crippen LogP contribution in [0.2, 0.25) is 0 Å². The van der Waals surface area contributed by atoms with Crippen molar-refractivity contribution in [3.8, 4) is 0 Å². The Balaban J connectivity index is 3.70. The second-order valence-electron chi connectivity index (χ2n) is 4.77. The molecule has 0 radical (unpaired) electrons. The van der Waals surface area contributed by atoms with Gasteiger partial charge in [0.05, 0.1) is 18.8 Å². The van der Waals surface area contributed by atoms with Crippen LogP contribution in [0, 0.1) is 5.41 Å². The number of ether oxygens (including phenoxy) is 1. The molecule has 0 aliphatic rings. The zero-order chi connectivity index (χ0) is 9.12. The van der Waals surface area contributed by atoms with Crippen molar-refractivity contribution in [2.24, 2.45) is 5.41 Å². The van der Waals surface area contributed by atoms with Crippen molar-refractivity contribution >= 4 is 0 Å². The molecule has 0 saturated carbocycles. The van der Waals surface area contributed by atoms with E-state index in [1.807, 2.05) is 13.8 Å². The smallest absolute Gasteiger partial charge is 0.0856 e. The SMILES string of the molecule is CC(C)(C)COC(C)(C)CO. The molecular weight excluding hydrogens is 140 g/mol. The fourth-order valence-corrected chi connectivity index (χ4v) is 0.458. The maximum atomic E-state index is 8.87. The van der Waals surface area contributed by atoms with Gasteiger partial charge in [0.15, 0.2) is 0 Å². The van der Waals surface area contributed by atoms with Crippen LogP contribution in [0.4, 0.5) is 0 Å². The number of hydrogen-bond donors (Lipinski definition) is 1. The van der Waals surface area contributed by atoms with E-state index in [1.165, 1.54) is 0 Å². The molecule has 68 valence electrons. The van der Waals surface area contributed by atoms with Gasteiger partial charge in [0.2, 0.25) is 0 Å². The van der Waals surface area contributed by atoms with E-state index in [9.17, 15) is 0 Å². The largest absolute Gasteiger partial charge is 0.393 e. The Kier molecular flexibility index (Phi) is 3.52. The number of rotatable bonds is 3. The number of aliphatic hydroxyl groups excluding tert-OH is 1. The Morgan fingerprint density at radius 2 is 1.55 bits per heavy atom. The molecule has 2 nitrogen and oxygen atoms in total. The maximum Gasteiger partial charge on any atom is 0.0856 e. The first-order valence-corrected chi connectivity index (χ1v) is 4.02. The van der Waals surface area contributed by atoms with Crippen LogP contribution in [0.25, 0.3) is 0 Å². The molecule has 0 saturated heterocycles. The standard InChI is InChI=1S/C9H20O2/c1-8(2,3)7-11-9(4,5)6-10/h10H,6-7H2,1-5H3. The summed E-state index contributed by atoms with van der Waals surface area (Å²) in [7, 11) is 0. The summed E-state index contributed by atoms with van der Waals surface area (Å²) in [6.45, 7) is 10.9. The van der Waals surface area contributed by atoms with Gasteiger partial charge in [0.1, 0.15) is 0 Å². The van der Waals surface area contributed by atoms with E-state index in [1.54, 1.807) is 0 Å². The van der Waals surface area contributed by atoms with E-state index in [2.05, 4.69) is 20.8 Å². The normalized spacial score (nSPS) is 13.6. The Morgan fingerprint density at radius 3 is 1.82 bits per heavy atom. The quantitative estimate of drug-likeness (QED) is 0.682. The van der Waals surface area contributed by atoms with Crippen molar-refractivity contribution in [1.82, 2.24) is 0 Å². The third-order valence-corrected chi connectivity index (χ3v) is 1.28. The van der Waals surface area contributed by atoms with Crippen LogP contribution in [0.3, 0.4) is 0 Å². The molecule has 2 heteroatoms. The van der Waals surface area contributed by atoms with Gasteiger partial charge in [-0.3, -0.25) is 0 Å². The van der Waals surface area contributed by atoms with Crippen molar-refractivity contribution < 1.29 is 9.84 Å². The topological polar surface area (TPSA) is 29.5 Å². The summed E-state index contributed by atoms with van der Waals surface area (Å²) in [5.41, 5.74) is -0.223. The highest BCUT2D eigenvalue weighted by molar-refractivity contribution is 4.69. The first-order valence-electron chi connectivity index (χ1n) is 4.02. The second-order valence-corrected chi connectivity index (χ2v) is 4.77. The Hall–Kier alpha value is -0.0800. The highest BCUT2D eigenvalue weighted by Gasteiger charge is 2.20. The average Bonchev–Trinajstić information content (AvgIpc) is 1.83. The minimum Gasteiger partial charge on any atom is -0.393 e. The Morgan fingerprint density at radius 1 is 1.09 bits per heavy atom. The monoisotopic (exact) mass is 160 g/mol. The van der Waals surface area contributed by atoms with Gasteiger partial charge in [-0.2, -0.15) is 0 Å². The summed E-state index contributed by atoms with van der Waals surface area (Å²) in [5.74, 6) is 0. The van der Waals surface area contributed by atoms with Crippen LogP contribution in [0.1, 0.15) is 34.6 Å². The Labute approximate surface area is 69.6 Å². The van der Waals surface area contributed by atoms with E-state index in [-0.39, 0.29) is 12.0 Å². The van der Waals surface area contributed by atoms with E-state index in [0.717, 1.165) is 0 Å². The second kappa shape index (κ2) is 3.55. The van der Waals surface area contributed by atoms with Crippen molar-refractivity contribution in [2.75, 3.05) is 13.2 Å². The van der Waals surface area contributed by atoms with Crippen LogP contribution >= 0.6 is 0 Å². The van der Waals surface area contributed by atoms with Gasteiger partial charge in [-0.05, 0) is 19.3 Å². The maximum absolute atomic E-state index is 8.87. The fraction of sp³-hybridized carbons (Fsp3) is 1.00. The lowest BCUT2D eigenvalue weighted by atomic mass is 9.98. The lowest BCUT2D eigenvalue weighted by Gasteiger charge is -2.27. The molecule has 0 unspecified atom stereocenters. The molecule has 0 bridgehead atoms. The third-order valence-electron chi connectivity index (χ3n) is 1.28. The first kappa shape index (κ1) is 10.9. The molecule has 0 heterocycles. The van der Waals surface area contributed by atoms with Crippen molar-refractivity contribution in [3.05, 3.63) is 0 Å². The summed E-state index contributed by atoms with van der Waals surface area (Å²) in [6.07, 6.45) is 0. The zero-order valence-corrected chi connectivity index (χ0v) is 8.27. The highest BCUT2D eigenvalue weighted by atomic mass is 16.5. The van der Waals surface area contributed by atoms with E-state index >= 15 is 0 Å². The summed E-state index contributed by atoms with van der Waals surface area (Å²) in [6, 6.07) is 0. The summed E-state index contributed by atoms with van der Waals surface area (Å²) >= 11 is 0. The molecule has 0 aromatic rings.